The van der Waals surface area contributed by atoms with Gasteiger partial charge in [-0.25, -0.2) is 9.97 Å². The highest BCUT2D eigenvalue weighted by atomic mass is 16.3. The Morgan fingerprint density at radius 3 is 2.44 bits per heavy atom. The zero-order valence-electron chi connectivity index (χ0n) is 9.67. The second kappa shape index (κ2) is 5.75. The second-order valence-corrected chi connectivity index (χ2v) is 3.69. The number of rotatable bonds is 4. The quantitative estimate of drug-likeness (QED) is 0.845. The third-order valence-corrected chi connectivity index (χ3v) is 2.47. The maximum Gasteiger partial charge on any atom is 0.182 e. The molecule has 18 heavy (non-hydrogen) atoms. The number of nitriles is 1. The molecular formula is C13H12N4O. The van der Waals surface area contributed by atoms with E-state index in [1.807, 2.05) is 30.3 Å². The fourth-order valence-electron chi connectivity index (χ4n) is 1.50. The highest BCUT2D eigenvalue weighted by Crippen LogP contribution is 2.10. The minimum atomic E-state index is 0.0381. The molecule has 90 valence electrons. The lowest BCUT2D eigenvalue weighted by atomic mass is 10.1. The first kappa shape index (κ1) is 12.0. The first-order chi connectivity index (χ1) is 8.83. The summed E-state index contributed by atoms with van der Waals surface area (Å²) in [4.78, 5) is 7.98. The number of hydrogen-bond acceptors (Lipinski definition) is 5. The molecule has 0 fully saturated rings. The summed E-state index contributed by atoms with van der Waals surface area (Å²) in [6, 6.07) is 9.54. The number of aliphatic hydroxyl groups excluding tert-OH is 1. The van der Waals surface area contributed by atoms with Gasteiger partial charge in [-0.3, -0.25) is 0 Å². The third kappa shape index (κ3) is 2.81. The van der Waals surface area contributed by atoms with Crippen molar-refractivity contribution >= 4 is 5.82 Å². The Morgan fingerprint density at radius 1 is 1.11 bits per heavy atom. The summed E-state index contributed by atoms with van der Waals surface area (Å²) in [5, 5.41) is 20.9. The minimum absolute atomic E-state index is 0.0381. The van der Waals surface area contributed by atoms with Gasteiger partial charge in [0, 0.05) is 18.9 Å². The van der Waals surface area contributed by atoms with Crippen LogP contribution in [0.3, 0.4) is 0 Å². The maximum atomic E-state index is 8.93. The van der Waals surface area contributed by atoms with Crippen molar-refractivity contribution in [2.24, 2.45) is 0 Å². The van der Waals surface area contributed by atoms with Gasteiger partial charge in [-0.2, -0.15) is 5.26 Å². The van der Waals surface area contributed by atoms with E-state index >= 15 is 0 Å². The number of anilines is 1. The van der Waals surface area contributed by atoms with Crippen molar-refractivity contribution in [1.82, 2.24) is 9.97 Å². The van der Waals surface area contributed by atoms with E-state index in [0.717, 1.165) is 11.1 Å². The summed E-state index contributed by atoms with van der Waals surface area (Å²) in [6.45, 7) is 0.593. The van der Waals surface area contributed by atoms with Gasteiger partial charge in [-0.1, -0.05) is 24.3 Å². The molecule has 0 aliphatic heterocycles. The third-order valence-electron chi connectivity index (χ3n) is 2.47. The van der Waals surface area contributed by atoms with E-state index in [-0.39, 0.29) is 12.3 Å². The number of aromatic nitrogens is 2. The SMILES string of the molecule is N#Cc1nccnc1NCc1ccc(CO)cc1. The molecule has 0 aliphatic carbocycles. The number of benzene rings is 1. The molecule has 0 saturated carbocycles. The minimum Gasteiger partial charge on any atom is -0.392 e. The summed E-state index contributed by atoms with van der Waals surface area (Å²) in [5.41, 5.74) is 2.20. The van der Waals surface area contributed by atoms with Crippen LogP contribution < -0.4 is 5.32 Å². The molecule has 2 N–H and O–H groups in total. The average molecular weight is 240 g/mol. The molecule has 0 aliphatic rings. The van der Waals surface area contributed by atoms with Gasteiger partial charge in [0.1, 0.15) is 6.07 Å². The van der Waals surface area contributed by atoms with Gasteiger partial charge in [0.05, 0.1) is 6.61 Å². The largest absolute Gasteiger partial charge is 0.392 e. The van der Waals surface area contributed by atoms with E-state index < -0.39 is 0 Å². The molecule has 0 saturated heterocycles. The molecule has 1 aromatic heterocycles. The fraction of sp³-hybridized carbons (Fsp3) is 0.154. The van der Waals surface area contributed by atoms with Crippen LogP contribution in [0.5, 0.6) is 0 Å². The molecule has 1 heterocycles. The van der Waals surface area contributed by atoms with E-state index in [4.69, 9.17) is 10.4 Å². The Kier molecular flexibility index (Phi) is 3.84. The fourth-order valence-corrected chi connectivity index (χ4v) is 1.50. The number of aliphatic hydroxyl groups is 1. The highest BCUT2D eigenvalue weighted by molar-refractivity contribution is 5.47. The van der Waals surface area contributed by atoms with E-state index in [0.29, 0.717) is 12.4 Å². The smallest absolute Gasteiger partial charge is 0.182 e. The van der Waals surface area contributed by atoms with Gasteiger partial charge in [-0.15, -0.1) is 0 Å². The standard InChI is InChI=1S/C13H12N4O/c14-7-12-13(16-6-5-15-12)17-8-10-1-3-11(9-18)4-2-10/h1-6,18H,8-9H2,(H,16,17). The molecule has 0 atom stereocenters. The normalized spacial score (nSPS) is 9.78. The van der Waals surface area contributed by atoms with Crippen LogP contribution >= 0.6 is 0 Å². The monoisotopic (exact) mass is 240 g/mol. The first-order valence-corrected chi connectivity index (χ1v) is 5.47. The van der Waals surface area contributed by atoms with Crippen LogP contribution in [0.25, 0.3) is 0 Å². The van der Waals surface area contributed by atoms with Crippen molar-refractivity contribution < 1.29 is 5.11 Å². The van der Waals surface area contributed by atoms with Gasteiger partial charge < -0.3 is 10.4 Å². The predicted octanol–water partition coefficient (Wildman–Crippen LogP) is 1.45. The Hall–Kier alpha value is -2.45. The van der Waals surface area contributed by atoms with Crippen molar-refractivity contribution in [3.8, 4) is 6.07 Å². The molecule has 5 nitrogen and oxygen atoms in total. The zero-order chi connectivity index (χ0) is 12.8. The molecule has 0 radical (unpaired) electrons. The zero-order valence-corrected chi connectivity index (χ0v) is 9.67. The van der Waals surface area contributed by atoms with Crippen LogP contribution in [-0.4, -0.2) is 15.1 Å². The van der Waals surface area contributed by atoms with E-state index in [9.17, 15) is 0 Å². The van der Waals surface area contributed by atoms with Crippen LogP contribution in [0, 0.1) is 11.3 Å². The van der Waals surface area contributed by atoms with Gasteiger partial charge in [0.2, 0.25) is 0 Å². The summed E-state index contributed by atoms with van der Waals surface area (Å²) < 4.78 is 0. The van der Waals surface area contributed by atoms with Gasteiger partial charge >= 0.3 is 0 Å². The Morgan fingerprint density at radius 2 is 1.78 bits per heavy atom. The Balaban J connectivity index is 2.05. The molecule has 5 heteroatoms. The van der Waals surface area contributed by atoms with Crippen LogP contribution in [0.4, 0.5) is 5.82 Å². The van der Waals surface area contributed by atoms with Gasteiger partial charge in [0.25, 0.3) is 0 Å². The van der Waals surface area contributed by atoms with E-state index in [1.54, 1.807) is 0 Å². The van der Waals surface area contributed by atoms with E-state index in [2.05, 4.69) is 15.3 Å². The lowest BCUT2D eigenvalue weighted by molar-refractivity contribution is 0.282. The van der Waals surface area contributed by atoms with Gasteiger partial charge in [-0.05, 0) is 11.1 Å². The first-order valence-electron chi connectivity index (χ1n) is 5.47. The van der Waals surface area contributed by atoms with Crippen LogP contribution in [-0.2, 0) is 13.2 Å². The van der Waals surface area contributed by atoms with E-state index in [1.165, 1.54) is 12.4 Å². The molecule has 0 bridgehead atoms. The van der Waals surface area contributed by atoms with Crippen molar-refractivity contribution in [2.75, 3.05) is 5.32 Å². The van der Waals surface area contributed by atoms with Crippen LogP contribution in [0.2, 0.25) is 0 Å². The Bertz CT molecular complexity index is 560. The highest BCUT2D eigenvalue weighted by Gasteiger charge is 2.03. The number of nitrogens with zero attached hydrogens (tertiary/aromatic N) is 3. The predicted molar refractivity (Wildman–Crippen MR) is 66.4 cm³/mol. The number of hydrogen-bond donors (Lipinski definition) is 2. The number of nitrogens with one attached hydrogen (secondary N) is 1. The molecule has 1 aromatic carbocycles. The second-order valence-electron chi connectivity index (χ2n) is 3.69. The summed E-state index contributed by atoms with van der Waals surface area (Å²) in [7, 11) is 0. The molecule has 2 aromatic rings. The lowest BCUT2D eigenvalue weighted by Crippen LogP contribution is -2.04. The van der Waals surface area contributed by atoms with Crippen molar-refractivity contribution in [3.63, 3.8) is 0 Å². The molecule has 0 amide bonds. The molecule has 0 unspecified atom stereocenters. The van der Waals surface area contributed by atoms with Gasteiger partial charge in [0.15, 0.2) is 11.5 Å². The van der Waals surface area contributed by atoms with Crippen molar-refractivity contribution in [3.05, 3.63) is 53.5 Å². The molecular weight excluding hydrogens is 228 g/mol. The summed E-state index contributed by atoms with van der Waals surface area (Å²) in [5.74, 6) is 0.478. The lowest BCUT2D eigenvalue weighted by Gasteiger charge is -2.06. The average Bonchev–Trinajstić information content (AvgIpc) is 2.46. The van der Waals surface area contributed by atoms with Crippen molar-refractivity contribution in [1.29, 1.82) is 5.26 Å². The molecule has 2 rings (SSSR count). The van der Waals surface area contributed by atoms with Crippen LogP contribution in [0.1, 0.15) is 16.8 Å². The van der Waals surface area contributed by atoms with Crippen LogP contribution in [0.15, 0.2) is 36.7 Å². The summed E-state index contributed by atoms with van der Waals surface area (Å²) >= 11 is 0. The van der Waals surface area contributed by atoms with Crippen molar-refractivity contribution in [2.45, 2.75) is 13.2 Å². The Labute approximate surface area is 105 Å². The molecule has 0 spiro atoms. The topological polar surface area (TPSA) is 81.8 Å². The maximum absolute atomic E-state index is 8.93. The summed E-state index contributed by atoms with van der Waals surface area (Å²) in [6.07, 6.45) is 3.03.